The van der Waals surface area contributed by atoms with Crippen LogP contribution in [0.2, 0.25) is 0 Å². The van der Waals surface area contributed by atoms with Crippen LogP contribution in [0.5, 0.6) is 5.75 Å². The number of aromatic nitrogens is 2. The molecule has 0 aliphatic heterocycles. The van der Waals surface area contributed by atoms with Gasteiger partial charge in [-0.2, -0.15) is 5.10 Å². The number of hydrogen-bond acceptors (Lipinski definition) is 3. The van der Waals surface area contributed by atoms with Gasteiger partial charge in [-0.15, -0.1) is 0 Å². The maximum Gasteiger partial charge on any atom is 0.123 e. The first-order valence-electron chi connectivity index (χ1n) is 9.29. The normalized spacial score (nSPS) is 16.3. The van der Waals surface area contributed by atoms with Gasteiger partial charge in [0, 0.05) is 29.4 Å². The molecule has 0 unspecified atom stereocenters. The first kappa shape index (κ1) is 16.9. The lowest BCUT2D eigenvalue weighted by Gasteiger charge is -2.25. The number of para-hydroxylation sites is 1. The summed E-state index contributed by atoms with van der Waals surface area (Å²) < 4.78 is 7.64. The van der Waals surface area contributed by atoms with E-state index in [-0.39, 0.29) is 0 Å². The second-order valence-corrected chi connectivity index (χ2v) is 6.83. The van der Waals surface area contributed by atoms with Crippen LogP contribution in [-0.2, 0) is 19.5 Å². The van der Waals surface area contributed by atoms with E-state index in [0.29, 0.717) is 6.04 Å². The molecule has 0 saturated carbocycles. The van der Waals surface area contributed by atoms with E-state index < -0.39 is 0 Å². The topological polar surface area (TPSA) is 39.1 Å². The van der Waals surface area contributed by atoms with Crippen molar-refractivity contribution in [3.05, 3.63) is 83.2 Å². The molecule has 1 heterocycles. The monoisotopic (exact) mass is 347 g/mol. The number of benzene rings is 2. The molecule has 4 rings (SSSR count). The van der Waals surface area contributed by atoms with Crippen molar-refractivity contribution in [2.45, 2.75) is 38.4 Å². The van der Waals surface area contributed by atoms with Crippen LogP contribution < -0.4 is 10.1 Å². The van der Waals surface area contributed by atoms with Crippen molar-refractivity contribution in [3.8, 4) is 5.75 Å². The van der Waals surface area contributed by atoms with Crippen molar-refractivity contribution in [1.29, 1.82) is 0 Å². The van der Waals surface area contributed by atoms with Gasteiger partial charge >= 0.3 is 0 Å². The molecule has 0 bridgehead atoms. The van der Waals surface area contributed by atoms with Crippen LogP contribution in [0.15, 0.2) is 60.8 Å². The molecule has 26 heavy (non-hydrogen) atoms. The minimum Gasteiger partial charge on any atom is -0.496 e. The second-order valence-electron chi connectivity index (χ2n) is 6.83. The van der Waals surface area contributed by atoms with Crippen molar-refractivity contribution in [3.63, 3.8) is 0 Å². The zero-order chi connectivity index (χ0) is 17.8. The van der Waals surface area contributed by atoms with Gasteiger partial charge < -0.3 is 10.1 Å². The molecule has 0 amide bonds. The smallest absolute Gasteiger partial charge is 0.123 e. The maximum atomic E-state index is 5.47. The first-order valence-corrected chi connectivity index (χ1v) is 9.29. The fourth-order valence-corrected chi connectivity index (χ4v) is 3.81. The Balaban J connectivity index is 1.49. The quantitative estimate of drug-likeness (QED) is 0.729. The largest absolute Gasteiger partial charge is 0.496 e. The van der Waals surface area contributed by atoms with Crippen LogP contribution in [-0.4, -0.2) is 16.9 Å². The molecule has 2 aromatic carbocycles. The van der Waals surface area contributed by atoms with Crippen LogP contribution in [0.1, 0.15) is 41.3 Å². The van der Waals surface area contributed by atoms with E-state index in [1.807, 2.05) is 12.1 Å². The van der Waals surface area contributed by atoms with Crippen LogP contribution in [0.3, 0.4) is 0 Å². The molecule has 0 saturated heterocycles. The zero-order valence-corrected chi connectivity index (χ0v) is 15.2. The van der Waals surface area contributed by atoms with E-state index in [0.717, 1.165) is 31.7 Å². The summed E-state index contributed by atoms with van der Waals surface area (Å²) in [7, 11) is 1.73. The molecular formula is C22H25N3O. The number of ether oxygens (including phenoxy) is 1. The van der Waals surface area contributed by atoms with Gasteiger partial charge in [-0.3, -0.25) is 4.68 Å². The van der Waals surface area contributed by atoms with Crippen LogP contribution in [0.4, 0.5) is 0 Å². The predicted molar refractivity (Wildman–Crippen MR) is 103 cm³/mol. The van der Waals surface area contributed by atoms with Gasteiger partial charge in [0.15, 0.2) is 0 Å². The highest BCUT2D eigenvalue weighted by molar-refractivity contribution is 5.33. The molecule has 1 atom stereocenters. The molecule has 4 nitrogen and oxygen atoms in total. The molecule has 4 heteroatoms. The van der Waals surface area contributed by atoms with Gasteiger partial charge in [0.2, 0.25) is 0 Å². The van der Waals surface area contributed by atoms with Crippen molar-refractivity contribution < 1.29 is 4.74 Å². The lowest BCUT2D eigenvalue weighted by atomic mass is 9.92. The number of nitrogens with one attached hydrogen (secondary N) is 1. The van der Waals surface area contributed by atoms with Gasteiger partial charge in [0.25, 0.3) is 0 Å². The van der Waals surface area contributed by atoms with E-state index in [1.165, 1.54) is 28.8 Å². The van der Waals surface area contributed by atoms with E-state index >= 15 is 0 Å². The molecule has 0 fully saturated rings. The predicted octanol–water partition coefficient (Wildman–Crippen LogP) is 4.11. The molecule has 0 spiro atoms. The van der Waals surface area contributed by atoms with Crippen LogP contribution in [0, 0.1) is 0 Å². The second kappa shape index (κ2) is 7.75. The van der Waals surface area contributed by atoms with Gasteiger partial charge in [0.1, 0.15) is 5.75 Å². The summed E-state index contributed by atoms with van der Waals surface area (Å²) in [5.74, 6) is 0.941. The van der Waals surface area contributed by atoms with E-state index in [4.69, 9.17) is 4.74 Å². The van der Waals surface area contributed by atoms with Crippen molar-refractivity contribution in [1.82, 2.24) is 15.1 Å². The van der Waals surface area contributed by atoms with E-state index in [1.54, 1.807) is 7.11 Å². The molecule has 1 N–H and O–H groups in total. The zero-order valence-electron chi connectivity index (χ0n) is 15.2. The van der Waals surface area contributed by atoms with Gasteiger partial charge in [-0.1, -0.05) is 48.5 Å². The third-order valence-corrected chi connectivity index (χ3v) is 5.17. The number of hydrogen-bond donors (Lipinski definition) is 1. The molecule has 134 valence electrons. The van der Waals surface area contributed by atoms with Gasteiger partial charge in [-0.25, -0.2) is 0 Å². The molecule has 1 aromatic heterocycles. The highest BCUT2D eigenvalue weighted by atomic mass is 16.5. The van der Waals surface area contributed by atoms with Gasteiger partial charge in [-0.05, 0) is 30.9 Å². The summed E-state index contributed by atoms with van der Waals surface area (Å²) in [4.78, 5) is 0. The average Bonchev–Trinajstić information content (AvgIpc) is 3.11. The Morgan fingerprint density at radius 1 is 1.12 bits per heavy atom. The lowest BCUT2D eigenvalue weighted by Crippen LogP contribution is -2.25. The minimum atomic E-state index is 0.355. The third-order valence-electron chi connectivity index (χ3n) is 5.17. The summed E-state index contributed by atoms with van der Waals surface area (Å²) in [6.45, 7) is 1.65. The summed E-state index contributed by atoms with van der Waals surface area (Å²) in [6.07, 6.45) is 5.50. The molecule has 0 radical (unpaired) electrons. The highest BCUT2D eigenvalue weighted by Crippen LogP contribution is 2.30. The standard InChI is InChI=1S/C22H25N3O/c1-26-22-13-6-5-10-18(22)14-23-20-11-7-12-21-19(20)15-24-25(21)16-17-8-3-2-4-9-17/h2-6,8-10,13,15,20,23H,7,11-12,14,16H2,1H3/t20-/m1/s1. The molecule has 1 aliphatic rings. The maximum absolute atomic E-state index is 5.47. The van der Waals surface area contributed by atoms with E-state index in [9.17, 15) is 0 Å². The van der Waals surface area contributed by atoms with Crippen LogP contribution >= 0.6 is 0 Å². The fraction of sp³-hybridized carbons (Fsp3) is 0.318. The van der Waals surface area contributed by atoms with Crippen molar-refractivity contribution in [2.24, 2.45) is 0 Å². The molecular weight excluding hydrogens is 322 g/mol. The third kappa shape index (κ3) is 3.51. The van der Waals surface area contributed by atoms with Crippen LogP contribution in [0.25, 0.3) is 0 Å². The van der Waals surface area contributed by atoms with Crippen molar-refractivity contribution >= 4 is 0 Å². The summed E-state index contributed by atoms with van der Waals surface area (Å²) in [6, 6.07) is 19.1. The lowest BCUT2D eigenvalue weighted by molar-refractivity contribution is 0.400. The highest BCUT2D eigenvalue weighted by Gasteiger charge is 2.24. The minimum absolute atomic E-state index is 0.355. The Kier molecular flexibility index (Phi) is 5.02. The summed E-state index contributed by atoms with van der Waals surface area (Å²) in [5.41, 5.74) is 5.21. The summed E-state index contributed by atoms with van der Waals surface area (Å²) >= 11 is 0. The SMILES string of the molecule is COc1ccccc1CN[C@@H]1CCCc2c1cnn2Cc1ccccc1. The van der Waals surface area contributed by atoms with E-state index in [2.05, 4.69) is 63.8 Å². The Hall–Kier alpha value is -2.59. The summed E-state index contributed by atoms with van der Waals surface area (Å²) in [5, 5.41) is 8.40. The molecule has 1 aliphatic carbocycles. The number of nitrogens with zero attached hydrogens (tertiary/aromatic N) is 2. The average molecular weight is 347 g/mol. The number of fused-ring (bicyclic) bond motifs is 1. The Labute approximate surface area is 154 Å². The number of rotatable bonds is 6. The van der Waals surface area contributed by atoms with Crippen molar-refractivity contribution in [2.75, 3.05) is 7.11 Å². The molecule has 3 aromatic rings. The Bertz CT molecular complexity index is 857. The first-order chi connectivity index (χ1) is 12.8. The van der Waals surface area contributed by atoms with Gasteiger partial charge in [0.05, 0.1) is 19.9 Å². The fourth-order valence-electron chi connectivity index (χ4n) is 3.81. The number of methoxy groups -OCH3 is 1. The Morgan fingerprint density at radius 3 is 2.77 bits per heavy atom. The Morgan fingerprint density at radius 2 is 1.92 bits per heavy atom.